The smallest absolute Gasteiger partial charge is 0.408 e. The van der Waals surface area contributed by atoms with E-state index in [4.69, 9.17) is 9.47 Å². The zero-order chi connectivity index (χ0) is 44.5. The van der Waals surface area contributed by atoms with Crippen LogP contribution >= 0.6 is 0 Å². The Bertz CT molecular complexity index is 2460. The Kier molecular flexibility index (Phi) is 14.4. The van der Waals surface area contributed by atoms with Crippen LogP contribution in [0.2, 0.25) is 0 Å². The van der Waals surface area contributed by atoms with Gasteiger partial charge in [-0.25, -0.2) is 9.59 Å². The molecule has 16 heteroatoms. The summed E-state index contributed by atoms with van der Waals surface area (Å²) in [7, 11) is 1.51. The van der Waals surface area contributed by atoms with Crippen LogP contribution in [-0.2, 0) is 20.9 Å². The highest BCUT2D eigenvalue weighted by atomic mass is 16.6. The third-order valence-corrected chi connectivity index (χ3v) is 11.7. The van der Waals surface area contributed by atoms with E-state index in [1.165, 1.54) is 30.1 Å². The van der Waals surface area contributed by atoms with Gasteiger partial charge in [0.2, 0.25) is 11.5 Å². The minimum absolute atomic E-state index is 0.0962. The monoisotopic (exact) mass is 860 g/mol. The summed E-state index contributed by atoms with van der Waals surface area (Å²) in [6, 6.07) is 27.4. The first-order valence-electron chi connectivity index (χ1n) is 21.0. The fraction of sp³-hybridized carbons (Fsp3) is 0.340. The first-order valence-corrected chi connectivity index (χ1v) is 21.0. The van der Waals surface area contributed by atoms with E-state index < -0.39 is 48.5 Å². The number of aliphatic hydroxyl groups is 1. The number of phenolic OH excluding ortho intramolecular Hbond substituents is 1. The van der Waals surface area contributed by atoms with Crippen LogP contribution in [-0.4, -0.2) is 112 Å². The molecule has 63 heavy (non-hydrogen) atoms. The maximum Gasteiger partial charge on any atom is 0.408 e. The molecule has 2 bridgehead atoms. The summed E-state index contributed by atoms with van der Waals surface area (Å²) in [5.74, 6) is -1.70. The molecular weight excluding hydrogens is 809 g/mol. The number of fused-ring (bicyclic) bond motifs is 4. The van der Waals surface area contributed by atoms with Gasteiger partial charge in [-0.2, -0.15) is 0 Å². The Hall–Kier alpha value is -6.75. The van der Waals surface area contributed by atoms with E-state index in [1.807, 2.05) is 54.6 Å². The van der Waals surface area contributed by atoms with Gasteiger partial charge in [0.15, 0.2) is 0 Å². The van der Waals surface area contributed by atoms with Crippen LogP contribution in [0.15, 0.2) is 108 Å². The molecule has 0 aliphatic carbocycles. The number of piperidine rings is 3. The van der Waals surface area contributed by atoms with E-state index in [0.717, 1.165) is 49.2 Å². The Balaban J connectivity index is 0.878. The van der Waals surface area contributed by atoms with Gasteiger partial charge >= 0.3 is 12.1 Å². The van der Waals surface area contributed by atoms with Gasteiger partial charge in [0.1, 0.15) is 30.3 Å². The summed E-state index contributed by atoms with van der Waals surface area (Å²) in [5.41, 5.74) is 2.96. The topological polar surface area (TPSA) is 223 Å². The highest BCUT2D eigenvalue weighted by Crippen LogP contribution is 2.31. The molecular formula is C47H52N6O10. The van der Waals surface area contributed by atoms with E-state index in [2.05, 4.69) is 25.8 Å². The molecule has 4 heterocycles. The zero-order valence-corrected chi connectivity index (χ0v) is 34.9. The summed E-state index contributed by atoms with van der Waals surface area (Å²) in [6.45, 7) is 3.57. The van der Waals surface area contributed by atoms with Crippen molar-refractivity contribution in [3.8, 4) is 11.5 Å². The molecule has 4 unspecified atom stereocenters. The van der Waals surface area contributed by atoms with Crippen LogP contribution in [0, 0.1) is 5.92 Å². The number of nitrogens with one attached hydrogen (secondary N) is 4. The van der Waals surface area contributed by atoms with Crippen molar-refractivity contribution in [2.45, 2.75) is 50.2 Å². The van der Waals surface area contributed by atoms with Crippen LogP contribution in [0.25, 0.3) is 10.9 Å². The van der Waals surface area contributed by atoms with E-state index >= 15 is 0 Å². The van der Waals surface area contributed by atoms with Crippen LogP contribution in [0.4, 0.5) is 4.79 Å². The van der Waals surface area contributed by atoms with Crippen molar-refractivity contribution in [1.82, 2.24) is 30.7 Å². The summed E-state index contributed by atoms with van der Waals surface area (Å²) in [5, 5.41) is 39.8. The number of aromatic hydroxyl groups is 1. The summed E-state index contributed by atoms with van der Waals surface area (Å²) >= 11 is 0. The number of likely N-dealkylation sites (N-methyl/N-ethyl adjacent to an activating group) is 1. The molecule has 330 valence electrons. The first kappa shape index (κ1) is 44.3. The number of H-pyrrole nitrogens is 1. The molecule has 4 aromatic carbocycles. The van der Waals surface area contributed by atoms with Gasteiger partial charge in [-0.05, 0) is 90.5 Å². The Morgan fingerprint density at radius 1 is 0.905 bits per heavy atom. The van der Waals surface area contributed by atoms with E-state index in [1.54, 1.807) is 30.3 Å². The molecule has 0 radical (unpaired) electrons. The van der Waals surface area contributed by atoms with E-state index in [-0.39, 0.29) is 54.7 Å². The maximum atomic E-state index is 13.2. The van der Waals surface area contributed by atoms with Crippen LogP contribution in [0.1, 0.15) is 64.0 Å². The number of aromatic nitrogens is 1. The van der Waals surface area contributed by atoms with Crippen molar-refractivity contribution in [1.29, 1.82) is 0 Å². The number of amides is 3. The largest absolute Gasteiger partial charge is 0.506 e. The van der Waals surface area contributed by atoms with Crippen LogP contribution in [0.3, 0.4) is 0 Å². The van der Waals surface area contributed by atoms with Gasteiger partial charge in [-0.3, -0.25) is 19.3 Å². The van der Waals surface area contributed by atoms with E-state index in [0.29, 0.717) is 22.6 Å². The number of alkyl carbamates (subject to hydrolysis) is 1. The number of pyridine rings is 1. The third-order valence-electron chi connectivity index (χ3n) is 11.7. The number of rotatable bonds is 18. The molecule has 0 saturated carbocycles. The highest BCUT2D eigenvalue weighted by Gasteiger charge is 2.37. The van der Waals surface area contributed by atoms with Crippen molar-refractivity contribution < 1.29 is 44.0 Å². The second kappa shape index (κ2) is 20.4. The standard InChI is InChI=1S/C47H52N6O10/c1-52(23-20-48-26-39(55)35-14-16-38(54)44-36(35)15-17-41(56)50-44)42(57)25-37(46(59)60)49-45(58)32-12-10-29(11-13-32)28-62-34-9-5-8-33(24-34)43(31-6-3-2-4-7-31)51-47(61)63-40-27-53-21-18-30(40)19-22-53/h2-17,24,30,37,39-40,43,48,54-55H,18-23,25-28H2,1H3,(H,49,58)(H,50,56)(H,51,61)(H,59,60). The van der Waals surface area contributed by atoms with Gasteiger partial charge < -0.3 is 50.6 Å². The number of carbonyl (C=O) groups excluding carboxylic acids is 3. The zero-order valence-electron chi connectivity index (χ0n) is 34.9. The number of aliphatic carboxylic acids is 1. The molecule has 3 aliphatic heterocycles. The molecule has 4 atom stereocenters. The number of nitrogens with zero attached hydrogens (tertiary/aromatic N) is 2. The van der Waals surface area contributed by atoms with Gasteiger partial charge in [-0.1, -0.05) is 60.7 Å². The number of ether oxygens (including phenoxy) is 2. The van der Waals surface area contributed by atoms with Crippen LogP contribution in [0.5, 0.6) is 11.5 Å². The van der Waals surface area contributed by atoms with E-state index in [9.17, 15) is 39.3 Å². The number of hydrogen-bond acceptors (Lipinski definition) is 11. The third kappa shape index (κ3) is 11.4. The number of hydrogen-bond donors (Lipinski definition) is 7. The molecule has 0 spiro atoms. The fourth-order valence-corrected chi connectivity index (χ4v) is 8.08. The predicted octanol–water partition coefficient (Wildman–Crippen LogP) is 4.08. The predicted molar refractivity (Wildman–Crippen MR) is 233 cm³/mol. The number of carboxylic acid groups (broad SMARTS) is 1. The Morgan fingerprint density at radius 2 is 1.65 bits per heavy atom. The average molecular weight is 861 g/mol. The van der Waals surface area contributed by atoms with Gasteiger partial charge in [0, 0.05) is 50.2 Å². The molecule has 3 aliphatic rings. The molecule has 16 nitrogen and oxygen atoms in total. The lowest BCUT2D eigenvalue weighted by Crippen LogP contribution is -2.52. The second-order valence-electron chi connectivity index (χ2n) is 16.0. The molecule has 1 aromatic heterocycles. The minimum Gasteiger partial charge on any atom is -0.506 e. The second-order valence-corrected chi connectivity index (χ2v) is 16.0. The SMILES string of the molecule is CN(CCNCC(O)c1ccc(O)c2[nH]c(=O)ccc12)C(=O)CC(NC(=O)c1ccc(COc2cccc(C(NC(=O)OC3CN4CCC3CC4)c3ccccc3)c2)cc1)C(=O)O. The number of carboxylic acids is 1. The molecule has 3 amide bonds. The Morgan fingerprint density at radius 3 is 2.37 bits per heavy atom. The average Bonchev–Trinajstić information content (AvgIpc) is 3.29. The van der Waals surface area contributed by atoms with Crippen molar-refractivity contribution in [2.24, 2.45) is 5.92 Å². The molecule has 7 N–H and O–H groups in total. The van der Waals surface area contributed by atoms with Crippen molar-refractivity contribution in [3.63, 3.8) is 0 Å². The molecule has 3 fully saturated rings. The summed E-state index contributed by atoms with van der Waals surface area (Å²) in [6.07, 6.45) is 0.00370. The maximum absolute atomic E-state index is 13.2. The number of phenols is 1. The van der Waals surface area contributed by atoms with Gasteiger partial charge in [0.05, 0.1) is 24.1 Å². The number of carbonyl (C=O) groups is 4. The van der Waals surface area contributed by atoms with Gasteiger partial charge in [-0.15, -0.1) is 0 Å². The highest BCUT2D eigenvalue weighted by molar-refractivity contribution is 5.97. The summed E-state index contributed by atoms with van der Waals surface area (Å²) < 4.78 is 12.1. The number of aromatic amines is 1. The lowest BCUT2D eigenvalue weighted by molar-refractivity contribution is -0.142. The molecule has 8 rings (SSSR count). The van der Waals surface area contributed by atoms with Crippen molar-refractivity contribution in [2.75, 3.05) is 46.3 Å². The first-order chi connectivity index (χ1) is 30.4. The fourth-order valence-electron chi connectivity index (χ4n) is 8.08. The lowest BCUT2D eigenvalue weighted by Gasteiger charge is -2.43. The molecule has 5 aromatic rings. The minimum atomic E-state index is -1.48. The molecule has 3 saturated heterocycles. The summed E-state index contributed by atoms with van der Waals surface area (Å²) in [4.78, 5) is 69.4. The van der Waals surface area contributed by atoms with Crippen LogP contribution < -0.4 is 26.2 Å². The number of benzene rings is 4. The Labute approximate surface area is 363 Å². The lowest BCUT2D eigenvalue weighted by atomic mass is 9.86. The van der Waals surface area contributed by atoms with Crippen molar-refractivity contribution in [3.05, 3.63) is 141 Å². The normalized spacial score (nSPS) is 18.2. The van der Waals surface area contributed by atoms with Crippen molar-refractivity contribution >= 4 is 34.8 Å². The van der Waals surface area contributed by atoms with Gasteiger partial charge in [0.25, 0.3) is 5.91 Å². The number of aliphatic hydroxyl groups excluding tert-OH is 1. The quantitative estimate of drug-likeness (QED) is 0.0620.